The number of thiophene rings is 1. The molecule has 0 aromatic carbocycles. The number of hydrogen-bond acceptors (Lipinski definition) is 4. The van der Waals surface area contributed by atoms with Crippen molar-refractivity contribution in [1.29, 1.82) is 0 Å². The molecule has 1 saturated carbocycles. The normalized spacial score (nSPS) is 32.9. The summed E-state index contributed by atoms with van der Waals surface area (Å²) in [5.41, 5.74) is 1.05. The van der Waals surface area contributed by atoms with Crippen LogP contribution in [0.5, 0.6) is 0 Å². The highest BCUT2D eigenvalue weighted by Crippen LogP contribution is 2.42. The smallest absolute Gasteiger partial charge is 0.230 e. The van der Waals surface area contributed by atoms with Gasteiger partial charge in [0.25, 0.3) is 0 Å². The van der Waals surface area contributed by atoms with Gasteiger partial charge in [0.1, 0.15) is 0 Å². The minimum absolute atomic E-state index is 0.120. The van der Waals surface area contributed by atoms with Crippen LogP contribution in [0.4, 0.5) is 0 Å². The van der Waals surface area contributed by atoms with Gasteiger partial charge in [0.2, 0.25) is 5.91 Å². The number of carbonyl (C=O) groups excluding carboxylic acids is 1. The summed E-state index contributed by atoms with van der Waals surface area (Å²) < 4.78 is 5.88. The van der Waals surface area contributed by atoms with E-state index in [0.717, 1.165) is 51.9 Å². The van der Waals surface area contributed by atoms with Gasteiger partial charge in [-0.1, -0.05) is 0 Å². The number of hydrogen-bond donors (Lipinski definition) is 1. The van der Waals surface area contributed by atoms with E-state index in [1.165, 1.54) is 5.56 Å². The number of nitrogens with one attached hydrogen (secondary N) is 1. The van der Waals surface area contributed by atoms with Gasteiger partial charge >= 0.3 is 0 Å². The molecule has 2 aliphatic heterocycles. The lowest BCUT2D eigenvalue weighted by molar-refractivity contribution is -0.139. The molecule has 2 atom stereocenters. The molecule has 1 aromatic rings. The molecule has 2 saturated heterocycles. The molecule has 4 rings (SSSR count). The van der Waals surface area contributed by atoms with E-state index < -0.39 is 0 Å². The predicted octanol–water partition coefficient (Wildman–Crippen LogP) is 2.01. The highest BCUT2D eigenvalue weighted by molar-refractivity contribution is 7.07. The Hall–Kier alpha value is -0.910. The zero-order valence-corrected chi connectivity index (χ0v) is 13.0. The summed E-state index contributed by atoms with van der Waals surface area (Å²) in [6, 6.07) is 2.61. The van der Waals surface area contributed by atoms with Crippen LogP contribution >= 0.6 is 11.3 Å². The fraction of sp³-hybridized carbons (Fsp3) is 0.688. The Morgan fingerprint density at radius 2 is 2.38 bits per heavy atom. The van der Waals surface area contributed by atoms with Gasteiger partial charge < -0.3 is 10.1 Å². The van der Waals surface area contributed by atoms with E-state index in [0.29, 0.717) is 6.04 Å². The first-order valence-electron chi connectivity index (χ1n) is 7.92. The maximum Gasteiger partial charge on any atom is 0.230 e. The van der Waals surface area contributed by atoms with E-state index in [1.54, 1.807) is 11.3 Å². The van der Waals surface area contributed by atoms with E-state index in [1.807, 2.05) is 0 Å². The quantitative estimate of drug-likeness (QED) is 0.925. The number of amides is 1. The number of ether oxygens (including phenoxy) is 1. The molecule has 1 N–H and O–H groups in total. The number of fused-ring (bicyclic) bond motifs is 1. The lowest BCUT2D eigenvalue weighted by Crippen LogP contribution is -2.57. The molecule has 0 radical (unpaired) electrons. The average molecular weight is 306 g/mol. The van der Waals surface area contributed by atoms with Crippen molar-refractivity contribution in [3.63, 3.8) is 0 Å². The molecule has 1 amide bonds. The Bertz CT molecular complexity index is 514. The van der Waals surface area contributed by atoms with Crippen LogP contribution in [-0.4, -0.2) is 42.6 Å². The van der Waals surface area contributed by atoms with Crippen LogP contribution in [0.15, 0.2) is 16.8 Å². The molecule has 4 nitrogen and oxygen atoms in total. The SMILES string of the molecule is O=C(NC1CC1)[C@@]12CCO[C@@H]1CCN(Cc1ccsc1)C2. The highest BCUT2D eigenvalue weighted by Gasteiger charge is 2.53. The lowest BCUT2D eigenvalue weighted by Gasteiger charge is -2.42. The number of piperidine rings is 1. The van der Waals surface area contributed by atoms with Crippen LogP contribution in [0.25, 0.3) is 0 Å². The largest absolute Gasteiger partial charge is 0.377 e. The van der Waals surface area contributed by atoms with Gasteiger partial charge in [-0.3, -0.25) is 9.69 Å². The van der Waals surface area contributed by atoms with Crippen LogP contribution in [0.1, 0.15) is 31.2 Å². The van der Waals surface area contributed by atoms with Crippen LogP contribution in [0.3, 0.4) is 0 Å². The molecule has 0 unspecified atom stereocenters. The minimum Gasteiger partial charge on any atom is -0.377 e. The maximum absolute atomic E-state index is 12.8. The first kappa shape index (κ1) is 13.7. The molecule has 3 aliphatic rings. The summed E-state index contributed by atoms with van der Waals surface area (Å²) in [7, 11) is 0. The molecule has 1 aliphatic carbocycles. The average Bonchev–Trinajstić information content (AvgIpc) is 3.00. The third-order valence-electron chi connectivity index (χ3n) is 5.05. The number of nitrogens with zero attached hydrogens (tertiary/aromatic N) is 1. The topological polar surface area (TPSA) is 41.6 Å². The summed E-state index contributed by atoms with van der Waals surface area (Å²) >= 11 is 1.74. The van der Waals surface area contributed by atoms with Crippen LogP contribution in [-0.2, 0) is 16.1 Å². The van der Waals surface area contributed by atoms with Gasteiger partial charge in [0, 0.05) is 32.3 Å². The molecule has 0 bridgehead atoms. The third-order valence-corrected chi connectivity index (χ3v) is 5.78. The molecule has 3 heterocycles. The summed E-state index contributed by atoms with van der Waals surface area (Å²) in [6.45, 7) is 3.55. The Morgan fingerprint density at radius 1 is 1.48 bits per heavy atom. The molecule has 21 heavy (non-hydrogen) atoms. The molecule has 114 valence electrons. The maximum atomic E-state index is 12.8. The van der Waals surface area contributed by atoms with Crippen molar-refractivity contribution in [3.05, 3.63) is 22.4 Å². The number of rotatable bonds is 4. The van der Waals surface area contributed by atoms with Gasteiger partial charge in [-0.25, -0.2) is 0 Å². The van der Waals surface area contributed by atoms with E-state index in [4.69, 9.17) is 4.74 Å². The van der Waals surface area contributed by atoms with Gasteiger partial charge in [0.15, 0.2) is 0 Å². The third kappa shape index (κ3) is 2.62. The van der Waals surface area contributed by atoms with Gasteiger partial charge in [-0.05, 0) is 48.1 Å². The molecular weight excluding hydrogens is 284 g/mol. The van der Waals surface area contributed by atoms with Crippen molar-refractivity contribution < 1.29 is 9.53 Å². The van der Waals surface area contributed by atoms with E-state index in [9.17, 15) is 4.79 Å². The Morgan fingerprint density at radius 3 is 3.14 bits per heavy atom. The van der Waals surface area contributed by atoms with E-state index in [-0.39, 0.29) is 17.4 Å². The second-order valence-corrected chi connectivity index (χ2v) is 7.42. The lowest BCUT2D eigenvalue weighted by atomic mass is 9.75. The monoisotopic (exact) mass is 306 g/mol. The van der Waals surface area contributed by atoms with Crippen LogP contribution in [0.2, 0.25) is 0 Å². The standard InChI is InChI=1S/C16H22N2O2S/c19-15(17-13-1-2-13)16-5-7-20-14(16)3-6-18(11-16)9-12-4-8-21-10-12/h4,8,10,13-14H,1-3,5-7,9,11H2,(H,17,19)/t14-,16-/m1/s1. The highest BCUT2D eigenvalue weighted by atomic mass is 32.1. The fourth-order valence-corrected chi connectivity index (χ4v) is 4.35. The summed E-state index contributed by atoms with van der Waals surface area (Å²) in [6.07, 6.45) is 4.26. The van der Waals surface area contributed by atoms with Crippen molar-refractivity contribution in [3.8, 4) is 0 Å². The Kier molecular flexibility index (Phi) is 3.52. The van der Waals surface area contributed by atoms with Crippen molar-refractivity contribution in [2.45, 2.75) is 44.4 Å². The first-order valence-corrected chi connectivity index (χ1v) is 8.86. The Labute approximate surface area is 129 Å². The minimum atomic E-state index is -0.309. The fourth-order valence-electron chi connectivity index (χ4n) is 3.69. The zero-order chi connectivity index (χ0) is 14.3. The van der Waals surface area contributed by atoms with Gasteiger partial charge in [-0.15, -0.1) is 0 Å². The Balaban J connectivity index is 1.49. The van der Waals surface area contributed by atoms with Gasteiger partial charge in [-0.2, -0.15) is 11.3 Å². The molecule has 5 heteroatoms. The van der Waals surface area contributed by atoms with Crippen molar-refractivity contribution in [2.75, 3.05) is 19.7 Å². The summed E-state index contributed by atoms with van der Waals surface area (Å²) in [4.78, 5) is 15.2. The van der Waals surface area contributed by atoms with E-state index >= 15 is 0 Å². The molecule has 1 aromatic heterocycles. The van der Waals surface area contributed by atoms with Gasteiger partial charge in [0.05, 0.1) is 11.5 Å². The summed E-state index contributed by atoms with van der Waals surface area (Å²) in [5, 5.41) is 7.55. The van der Waals surface area contributed by atoms with Crippen molar-refractivity contribution >= 4 is 17.2 Å². The number of carbonyl (C=O) groups is 1. The van der Waals surface area contributed by atoms with E-state index in [2.05, 4.69) is 27.0 Å². The summed E-state index contributed by atoms with van der Waals surface area (Å²) in [5.74, 6) is 0.238. The molecule has 0 spiro atoms. The molecule has 3 fully saturated rings. The zero-order valence-electron chi connectivity index (χ0n) is 12.2. The second-order valence-electron chi connectivity index (χ2n) is 6.64. The first-order chi connectivity index (χ1) is 10.3. The number of likely N-dealkylation sites (tertiary alicyclic amines) is 1. The van der Waals surface area contributed by atoms with Crippen molar-refractivity contribution in [1.82, 2.24) is 10.2 Å². The van der Waals surface area contributed by atoms with Crippen molar-refractivity contribution in [2.24, 2.45) is 5.41 Å². The van der Waals surface area contributed by atoms with Crippen LogP contribution in [0, 0.1) is 5.41 Å². The predicted molar refractivity (Wildman–Crippen MR) is 82.2 cm³/mol. The van der Waals surface area contributed by atoms with Crippen LogP contribution < -0.4 is 5.32 Å². The second kappa shape index (κ2) is 5.38. The molecular formula is C16H22N2O2S.